The summed E-state index contributed by atoms with van der Waals surface area (Å²) >= 11 is 20.2. The van der Waals surface area contributed by atoms with Crippen LogP contribution in [0.4, 0.5) is 0 Å². The second-order valence-electron chi connectivity index (χ2n) is 24.5. The normalized spacial score (nSPS) is 12.0. The molecule has 3 aliphatic rings. The van der Waals surface area contributed by atoms with E-state index in [2.05, 4.69) is 232 Å². The van der Waals surface area contributed by atoms with Crippen molar-refractivity contribution >= 4 is 164 Å². The molecule has 18 heteroatoms. The number of ether oxygens (including phenoxy) is 6. The molecule has 0 fully saturated rings. The van der Waals surface area contributed by atoms with Crippen LogP contribution in [0.5, 0.6) is 34.5 Å². The number of thiophene rings is 11. The average Bonchev–Trinajstić information content (AvgIpc) is 1.62. The SMILES string of the molecule is C.Cc1cc2sc(C)cc2s1.Cc1cc2sc3cc(C)sc3c2s1.Cc1ccc(-c2ccc(C)s2)s1.Cc1ccc(C)cc1.Cc1ccc(C)o1.Cc1ccc(C)s1.Cc1ccc2cc(C)ccc2c1.Cc1sc(-c2sc(C)c3c2OCCO3)c2c1OCCO2.Cc1sc(C)c2c1OCCO2. The maximum atomic E-state index is 5.83. The quantitative estimate of drug-likeness (QED) is 0.171. The van der Waals surface area contributed by atoms with Crippen molar-refractivity contribution in [2.45, 2.75) is 132 Å². The summed E-state index contributed by atoms with van der Waals surface area (Å²) in [7, 11) is 0. The molecule has 0 unspecified atom stereocenters. The van der Waals surface area contributed by atoms with Gasteiger partial charge in [0.25, 0.3) is 0 Å². The maximum absolute atomic E-state index is 5.83. The van der Waals surface area contributed by atoms with Crippen LogP contribution in [-0.4, -0.2) is 39.6 Å². The Labute approximate surface area is 641 Å². The van der Waals surface area contributed by atoms with Gasteiger partial charge in [-0.1, -0.05) is 90.3 Å². The number of hydrogen-bond donors (Lipinski definition) is 0. The molecule has 0 saturated carbocycles. The summed E-state index contributed by atoms with van der Waals surface area (Å²) in [6.07, 6.45) is 0. The van der Waals surface area contributed by atoms with Gasteiger partial charge in [-0.25, -0.2) is 0 Å². The van der Waals surface area contributed by atoms with Crippen molar-refractivity contribution in [3.63, 3.8) is 0 Å². The molecule has 0 N–H and O–H groups in total. The zero-order valence-corrected chi connectivity index (χ0v) is 69.3. The molecule has 12 aromatic heterocycles. The second kappa shape index (κ2) is 36.8. The molecule has 0 amide bonds. The standard InChI is InChI=1S/C14H14O4S2.C12H12.C10H8S3.C10H10S2.C8H10O2S.C8H8S2.C8H10.C6H8O.C6H8S.CH4/c1-7-9-11(17-5-3-15-9)13(19-7)14-12-10(8(2)20-14)16-4-6-18-12;1-9-3-5-12-8-10(2)4-6-11(12)7-9;1-5-3-7-9(11-5)10-8(13-7)4-6(2)12-10;1-7-3-5-9(11-7)10-6-4-8(2)12-10;1-5-7-8(6(2)11-5)10-4-3-9-7;1-5-3-7-8(9-5)4-6(2)10-7;1-7-3-5-8(2)6-4-7;2*1-5-3-4-6(2)7-5;/h3-6H2,1-2H3;3-8H,1-2H3;3-4H,1-2H3;3-6H,1-2H3;3-4H2,1-2H3;3-4H,1-2H3;3-6H,1-2H3;2*3-4H,1-2H3;1H4. The van der Waals surface area contributed by atoms with E-state index in [4.69, 9.17) is 32.8 Å². The van der Waals surface area contributed by atoms with E-state index in [1.54, 1.807) is 34.0 Å². The first-order chi connectivity index (χ1) is 47.9. The molecule has 101 heavy (non-hydrogen) atoms. The fraction of sp³-hybridized carbons (Fsp3) is 0.301. The molecule has 0 aliphatic carbocycles. The molecule has 3 aliphatic heterocycles. The number of hydrogen-bond acceptors (Lipinski definition) is 18. The minimum Gasteiger partial charge on any atom is -0.485 e. The van der Waals surface area contributed by atoms with E-state index >= 15 is 0 Å². The Bertz CT molecular complexity index is 4730. The van der Waals surface area contributed by atoms with E-state index in [1.165, 1.54) is 120 Å². The number of aryl methyl sites for hydroxylation is 18. The van der Waals surface area contributed by atoms with Crippen molar-refractivity contribution in [3.8, 4) is 54.0 Å². The van der Waals surface area contributed by atoms with Gasteiger partial charge >= 0.3 is 0 Å². The third-order valence-corrected chi connectivity index (χ3v) is 27.6. The van der Waals surface area contributed by atoms with Crippen LogP contribution in [0.15, 0.2) is 138 Å². The molecule has 532 valence electrons. The topological polar surface area (TPSA) is 68.5 Å². The summed E-state index contributed by atoms with van der Waals surface area (Å²) in [6.45, 7) is 41.6. The summed E-state index contributed by atoms with van der Waals surface area (Å²) in [5.41, 5.74) is 5.31. The van der Waals surface area contributed by atoms with E-state index in [1.807, 2.05) is 117 Å². The molecule has 0 saturated heterocycles. The average molecular weight is 1550 g/mol. The fourth-order valence-corrected chi connectivity index (χ4v) is 22.6. The highest BCUT2D eigenvalue weighted by Gasteiger charge is 2.31. The number of rotatable bonds is 2. The molecule has 15 heterocycles. The van der Waals surface area contributed by atoms with Gasteiger partial charge in [-0.15, -0.1) is 125 Å². The summed E-state index contributed by atoms with van der Waals surface area (Å²) in [5, 5.41) is 2.67. The molecule has 18 rings (SSSR count). The Morgan fingerprint density at radius 1 is 0.238 bits per heavy atom. The molecule has 0 radical (unpaired) electrons. The van der Waals surface area contributed by atoms with Crippen molar-refractivity contribution in [1.82, 2.24) is 0 Å². The van der Waals surface area contributed by atoms with Crippen LogP contribution >= 0.6 is 125 Å². The lowest BCUT2D eigenvalue weighted by Gasteiger charge is -2.18. The molecule has 0 spiro atoms. The monoisotopic (exact) mass is 1550 g/mol. The Morgan fingerprint density at radius 2 is 0.545 bits per heavy atom. The van der Waals surface area contributed by atoms with Gasteiger partial charge in [0.2, 0.25) is 0 Å². The third-order valence-electron chi connectivity index (χ3n) is 15.4. The minimum absolute atomic E-state index is 0. The van der Waals surface area contributed by atoms with E-state index in [-0.39, 0.29) is 7.43 Å². The number of furan rings is 1. The zero-order valence-electron chi connectivity index (χ0n) is 60.3. The van der Waals surface area contributed by atoms with Crippen molar-refractivity contribution in [2.75, 3.05) is 39.6 Å². The summed E-state index contributed by atoms with van der Waals surface area (Å²) in [6, 6.07) is 47.6. The van der Waals surface area contributed by atoms with Crippen LogP contribution in [0.3, 0.4) is 0 Å². The highest BCUT2D eigenvalue weighted by molar-refractivity contribution is 7.38. The van der Waals surface area contributed by atoms with Gasteiger partial charge in [-0.2, -0.15) is 0 Å². The largest absolute Gasteiger partial charge is 0.485 e. The lowest BCUT2D eigenvalue weighted by Crippen LogP contribution is -2.15. The third kappa shape index (κ3) is 21.6. The van der Waals surface area contributed by atoms with Gasteiger partial charge in [-0.05, 0) is 208 Å². The fourth-order valence-electron chi connectivity index (χ4n) is 10.8. The Kier molecular flexibility index (Phi) is 28.6. The zero-order chi connectivity index (χ0) is 71.3. The van der Waals surface area contributed by atoms with Gasteiger partial charge in [0.05, 0.1) is 19.2 Å². The maximum Gasteiger partial charge on any atom is 0.181 e. The summed E-state index contributed by atoms with van der Waals surface area (Å²) in [5.74, 6) is 7.36. The molecule has 7 nitrogen and oxygen atoms in total. The number of benzene rings is 3. The molecule has 0 atom stereocenters. The molecular formula is C83H92O7S11. The first kappa shape index (κ1) is 78.6. The van der Waals surface area contributed by atoms with E-state index < -0.39 is 0 Å². The van der Waals surface area contributed by atoms with E-state index in [0.29, 0.717) is 39.6 Å². The van der Waals surface area contributed by atoms with Crippen molar-refractivity contribution in [2.24, 2.45) is 0 Å². The Morgan fingerprint density at radius 3 is 0.871 bits per heavy atom. The second-order valence-corrected chi connectivity index (χ2v) is 38.7. The van der Waals surface area contributed by atoms with Gasteiger partial charge in [0, 0.05) is 87.1 Å². The van der Waals surface area contributed by atoms with Gasteiger partial charge < -0.3 is 32.8 Å². The highest BCUT2D eigenvalue weighted by atomic mass is 32.1. The van der Waals surface area contributed by atoms with Gasteiger partial charge in [0.15, 0.2) is 34.5 Å². The van der Waals surface area contributed by atoms with E-state index in [9.17, 15) is 0 Å². The van der Waals surface area contributed by atoms with Crippen LogP contribution in [0.25, 0.3) is 58.5 Å². The molecule has 3 aromatic carbocycles. The van der Waals surface area contributed by atoms with E-state index in [0.717, 1.165) is 65.5 Å². The van der Waals surface area contributed by atoms with Gasteiger partial charge in [-0.3, -0.25) is 0 Å². The predicted molar refractivity (Wildman–Crippen MR) is 453 cm³/mol. The first-order valence-corrected chi connectivity index (χ1v) is 42.1. The van der Waals surface area contributed by atoms with Crippen LogP contribution in [0.2, 0.25) is 0 Å². The van der Waals surface area contributed by atoms with Crippen LogP contribution in [0, 0.1) is 125 Å². The first-order valence-electron chi connectivity index (χ1n) is 33.1. The summed E-state index contributed by atoms with van der Waals surface area (Å²) < 4.78 is 47.9. The summed E-state index contributed by atoms with van der Waals surface area (Å²) in [4.78, 5) is 21.0. The minimum atomic E-state index is 0. The Hall–Kier alpha value is -6.52. The van der Waals surface area contributed by atoms with Crippen molar-refractivity contribution in [3.05, 3.63) is 226 Å². The lowest BCUT2D eigenvalue weighted by atomic mass is 10.1. The lowest BCUT2D eigenvalue weighted by molar-refractivity contribution is 0.171. The van der Waals surface area contributed by atoms with Crippen molar-refractivity contribution in [1.29, 1.82) is 0 Å². The van der Waals surface area contributed by atoms with Crippen molar-refractivity contribution < 1.29 is 32.8 Å². The van der Waals surface area contributed by atoms with Crippen LogP contribution in [-0.2, 0) is 0 Å². The van der Waals surface area contributed by atoms with Crippen LogP contribution in [0.1, 0.15) is 99.7 Å². The number of fused-ring (bicyclic) bond motifs is 8. The Balaban J connectivity index is 0.000000135. The van der Waals surface area contributed by atoms with Gasteiger partial charge in [0.1, 0.15) is 51.2 Å². The molecular weight excluding hydrogens is 1460 g/mol. The molecule has 0 bridgehead atoms. The smallest absolute Gasteiger partial charge is 0.181 e. The van der Waals surface area contributed by atoms with Crippen LogP contribution < -0.4 is 28.4 Å². The highest BCUT2D eigenvalue weighted by Crippen LogP contribution is 2.57. The predicted octanol–water partition coefficient (Wildman–Crippen LogP) is 28.9. The molecule has 15 aromatic rings.